The van der Waals surface area contributed by atoms with Gasteiger partial charge in [-0.3, -0.25) is 14.2 Å². The second kappa shape index (κ2) is 8.62. The molecule has 1 atom stereocenters. The first kappa shape index (κ1) is 29.5. The second-order valence-electron chi connectivity index (χ2n) is 7.28. The number of amides is 1. The van der Waals surface area contributed by atoms with Crippen molar-refractivity contribution in [3.05, 3.63) is 0 Å². The topological polar surface area (TPSA) is 86.7 Å². The molecule has 1 unspecified atom stereocenters. The minimum Gasteiger partial charge on any atom is -0.348 e. The minimum atomic E-state index is -7.05. The number of hydrogen-bond donors (Lipinski definition) is 2. The Morgan fingerprint density at radius 1 is 0.939 bits per heavy atom. The summed E-state index contributed by atoms with van der Waals surface area (Å²) in [6.07, 6.45) is -0.741. The average molecular weight is 536 g/mol. The van der Waals surface area contributed by atoms with E-state index in [0.29, 0.717) is 0 Å². The molecule has 0 radical (unpaired) electrons. The molecule has 196 valence electrons. The fourth-order valence-electron chi connectivity index (χ4n) is 2.79. The van der Waals surface area contributed by atoms with Gasteiger partial charge in [-0.25, -0.2) is 0 Å². The molecular formula is C14H16F12N2O4S. The number of halogens is 12. The number of carbonyl (C=O) groups excluding carboxylic acids is 1. The van der Waals surface area contributed by atoms with Crippen LogP contribution < -0.4 is 5.32 Å². The van der Waals surface area contributed by atoms with Gasteiger partial charge in [-0.05, 0) is 19.4 Å². The maximum absolute atomic E-state index is 13.8. The fraction of sp³-hybridized carbons (Fsp3) is 0.929. The summed E-state index contributed by atoms with van der Waals surface area (Å²) in [6, 6.07) is -2.00. The van der Waals surface area contributed by atoms with Gasteiger partial charge in [-0.15, -0.1) is 0 Å². The van der Waals surface area contributed by atoms with Gasteiger partial charge in [0.25, 0.3) is 0 Å². The number of alkyl halides is 12. The van der Waals surface area contributed by atoms with E-state index in [1.807, 2.05) is 0 Å². The second-order valence-corrected chi connectivity index (χ2v) is 8.75. The molecule has 0 aromatic rings. The zero-order chi connectivity index (χ0) is 26.5. The largest absolute Gasteiger partial charge is 0.437 e. The van der Waals surface area contributed by atoms with Gasteiger partial charge in [0, 0.05) is 6.92 Å². The maximum atomic E-state index is 13.8. The van der Waals surface area contributed by atoms with Crippen LogP contribution in [0.5, 0.6) is 0 Å². The summed E-state index contributed by atoms with van der Waals surface area (Å²) in [5, 5.41) is -5.72. The Kier molecular flexibility index (Phi) is 7.71. The zero-order valence-electron chi connectivity index (χ0n) is 16.2. The highest BCUT2D eigenvalue weighted by Gasteiger charge is 2.77. The van der Waals surface area contributed by atoms with Crippen molar-refractivity contribution >= 4 is 16.0 Å². The molecule has 1 aliphatic rings. The van der Waals surface area contributed by atoms with Crippen molar-refractivity contribution in [2.75, 3.05) is 19.6 Å². The first-order chi connectivity index (χ1) is 14.3. The Bertz CT molecular complexity index is 844. The average Bonchev–Trinajstić information content (AvgIpc) is 3.04. The van der Waals surface area contributed by atoms with Crippen LogP contribution in [-0.4, -0.2) is 84.3 Å². The Morgan fingerprint density at radius 2 is 1.42 bits per heavy atom. The summed E-state index contributed by atoms with van der Waals surface area (Å²) < 4.78 is 189. The summed E-state index contributed by atoms with van der Waals surface area (Å²) >= 11 is 0. The standard InChI is InChI=1S/C14H16F12N2O4S/c1-9(15,16)12(21,22)11(19,20)6-28-4-2-3-7(28)8(29)27-5-10(17,18)13(23,24)14(25,26)33(30,31)32/h7H,2-6H2,1H3,(H,27,29)(H,30,31,32). The molecule has 19 heteroatoms. The molecule has 0 aromatic carbocycles. The van der Waals surface area contributed by atoms with Crippen molar-refractivity contribution in [3.63, 3.8) is 0 Å². The molecule has 1 saturated heterocycles. The van der Waals surface area contributed by atoms with Crippen molar-refractivity contribution in [1.82, 2.24) is 10.2 Å². The highest BCUT2D eigenvalue weighted by atomic mass is 32.2. The van der Waals surface area contributed by atoms with E-state index in [9.17, 15) is 65.9 Å². The van der Waals surface area contributed by atoms with E-state index in [2.05, 4.69) is 0 Å². The van der Waals surface area contributed by atoms with Gasteiger partial charge in [-0.2, -0.15) is 61.1 Å². The van der Waals surface area contributed by atoms with E-state index < -0.39 is 89.9 Å². The lowest BCUT2D eigenvalue weighted by Gasteiger charge is -2.35. The third-order valence-electron chi connectivity index (χ3n) is 4.71. The predicted octanol–water partition coefficient (Wildman–Crippen LogP) is 3.24. The lowest BCUT2D eigenvalue weighted by Crippen LogP contribution is -2.62. The van der Waals surface area contributed by atoms with Gasteiger partial charge in [0.2, 0.25) is 5.91 Å². The molecule has 2 N–H and O–H groups in total. The monoisotopic (exact) mass is 536 g/mol. The van der Waals surface area contributed by atoms with Gasteiger partial charge in [0.05, 0.1) is 19.1 Å². The molecule has 0 bridgehead atoms. The number of likely N-dealkylation sites (tertiary alicyclic amines) is 1. The third-order valence-corrected chi connectivity index (χ3v) is 5.62. The van der Waals surface area contributed by atoms with E-state index in [4.69, 9.17) is 4.55 Å². The van der Waals surface area contributed by atoms with Crippen LogP contribution in [0.15, 0.2) is 0 Å². The maximum Gasteiger partial charge on any atom is 0.437 e. The number of carbonyl (C=O) groups is 1. The molecule has 1 fully saturated rings. The highest BCUT2D eigenvalue weighted by Crippen LogP contribution is 2.48. The smallest absolute Gasteiger partial charge is 0.348 e. The summed E-state index contributed by atoms with van der Waals surface area (Å²) in [5.41, 5.74) is 0. The van der Waals surface area contributed by atoms with Crippen molar-refractivity contribution < 1.29 is 70.5 Å². The first-order valence-corrected chi connectivity index (χ1v) is 10.0. The van der Waals surface area contributed by atoms with Gasteiger partial charge in [-0.1, -0.05) is 0 Å². The summed E-state index contributed by atoms with van der Waals surface area (Å²) in [5.74, 6) is -31.2. The normalized spacial score (nSPS) is 20.2. The van der Waals surface area contributed by atoms with Crippen LogP contribution in [0.25, 0.3) is 0 Å². The van der Waals surface area contributed by atoms with Gasteiger partial charge in [0.1, 0.15) is 0 Å². The molecule has 0 spiro atoms. The molecular weight excluding hydrogens is 520 g/mol. The van der Waals surface area contributed by atoms with Gasteiger partial charge < -0.3 is 5.32 Å². The SMILES string of the molecule is CC(F)(F)C(F)(F)C(F)(F)CN1CCCC1C(=O)NCC(F)(F)C(F)(F)C(F)(F)S(=O)(=O)O. The molecule has 33 heavy (non-hydrogen) atoms. The van der Waals surface area contributed by atoms with Crippen LogP contribution in [0, 0.1) is 0 Å². The molecule has 1 heterocycles. The van der Waals surface area contributed by atoms with E-state index >= 15 is 0 Å². The molecule has 0 aliphatic carbocycles. The summed E-state index contributed by atoms with van der Waals surface area (Å²) in [6.45, 7) is -5.96. The summed E-state index contributed by atoms with van der Waals surface area (Å²) in [4.78, 5) is 12.1. The predicted molar refractivity (Wildman–Crippen MR) is 84.5 cm³/mol. The van der Waals surface area contributed by atoms with Gasteiger partial charge in [0.15, 0.2) is 0 Å². The van der Waals surface area contributed by atoms with Crippen LogP contribution in [0.4, 0.5) is 52.7 Å². The van der Waals surface area contributed by atoms with Crippen molar-refractivity contribution in [1.29, 1.82) is 0 Å². The number of nitrogens with one attached hydrogen (secondary N) is 1. The molecule has 6 nitrogen and oxygen atoms in total. The molecule has 1 aliphatic heterocycles. The number of rotatable bonds is 10. The first-order valence-electron chi connectivity index (χ1n) is 8.59. The molecule has 0 aromatic heterocycles. The molecule has 1 rings (SSSR count). The van der Waals surface area contributed by atoms with E-state index in [-0.39, 0.29) is 11.3 Å². The molecule has 0 saturated carbocycles. The Morgan fingerprint density at radius 3 is 1.85 bits per heavy atom. The number of hydrogen-bond acceptors (Lipinski definition) is 4. The van der Waals surface area contributed by atoms with Crippen LogP contribution in [0.1, 0.15) is 19.8 Å². The van der Waals surface area contributed by atoms with Crippen molar-refractivity contribution in [3.8, 4) is 0 Å². The Balaban J connectivity index is 2.99. The van der Waals surface area contributed by atoms with Crippen LogP contribution in [-0.2, 0) is 14.9 Å². The third kappa shape index (κ3) is 5.28. The quantitative estimate of drug-likeness (QED) is 0.331. The van der Waals surface area contributed by atoms with E-state index in [0.717, 1.165) is 5.32 Å². The Hall–Kier alpha value is -1.50. The minimum absolute atomic E-state index is 0.179. The van der Waals surface area contributed by atoms with Crippen LogP contribution in [0.2, 0.25) is 0 Å². The van der Waals surface area contributed by atoms with Crippen LogP contribution >= 0.6 is 0 Å². The zero-order valence-corrected chi connectivity index (χ0v) is 17.0. The van der Waals surface area contributed by atoms with Crippen molar-refractivity contribution in [2.24, 2.45) is 0 Å². The van der Waals surface area contributed by atoms with E-state index in [1.165, 1.54) is 0 Å². The van der Waals surface area contributed by atoms with Crippen LogP contribution in [0.3, 0.4) is 0 Å². The number of nitrogens with zero attached hydrogens (tertiary/aromatic N) is 1. The fourth-order valence-corrected chi connectivity index (χ4v) is 3.26. The highest BCUT2D eigenvalue weighted by molar-refractivity contribution is 7.87. The van der Waals surface area contributed by atoms with E-state index in [1.54, 1.807) is 0 Å². The lowest BCUT2D eigenvalue weighted by atomic mass is 10.0. The van der Waals surface area contributed by atoms with Gasteiger partial charge >= 0.3 is 45.0 Å². The Labute approximate surface area is 178 Å². The summed E-state index contributed by atoms with van der Waals surface area (Å²) in [7, 11) is -7.05. The molecule has 1 amide bonds. The van der Waals surface area contributed by atoms with Crippen molar-refractivity contribution in [2.45, 2.75) is 60.7 Å². The lowest BCUT2D eigenvalue weighted by molar-refractivity contribution is -0.305.